The summed E-state index contributed by atoms with van der Waals surface area (Å²) in [5, 5.41) is 3.86. The normalized spacial score (nSPS) is 24.0. The molecular weight excluding hydrogens is 503 g/mol. The molecule has 0 saturated carbocycles. The predicted molar refractivity (Wildman–Crippen MR) is 119 cm³/mol. The van der Waals surface area contributed by atoms with Crippen molar-refractivity contribution in [3.8, 4) is 0 Å². The van der Waals surface area contributed by atoms with Gasteiger partial charge in [-0.2, -0.15) is 0 Å². The van der Waals surface area contributed by atoms with Gasteiger partial charge < -0.3 is 5.32 Å². The number of amides is 2. The molecule has 29 heavy (non-hydrogen) atoms. The van der Waals surface area contributed by atoms with Crippen LogP contribution in [-0.2, 0) is 0 Å². The van der Waals surface area contributed by atoms with E-state index in [1.807, 2.05) is 6.92 Å². The topological polar surface area (TPSA) is 66.5 Å². The van der Waals surface area contributed by atoms with Crippen LogP contribution in [0.1, 0.15) is 50.8 Å². The first-order chi connectivity index (χ1) is 13.8. The molecule has 1 N–H and O–H groups in total. The van der Waals surface area contributed by atoms with Crippen molar-refractivity contribution < 1.29 is 14.4 Å². The zero-order chi connectivity index (χ0) is 20.8. The molecule has 1 fully saturated rings. The second kappa shape index (κ2) is 7.81. The molecule has 2 aliphatic heterocycles. The number of Topliss-reactive ketones (excluding diaryl/α,β-unsaturated/α-hetero) is 1. The Morgan fingerprint density at radius 2 is 1.86 bits per heavy atom. The van der Waals surface area contributed by atoms with Gasteiger partial charge in [0, 0.05) is 14.2 Å². The van der Waals surface area contributed by atoms with Crippen LogP contribution in [-0.4, -0.2) is 41.1 Å². The minimum absolute atomic E-state index is 0.00192. The largest absolute Gasteiger partial charge is 0.303 e. The Balaban J connectivity index is 1.76. The van der Waals surface area contributed by atoms with Gasteiger partial charge in [-0.05, 0) is 78.2 Å². The van der Waals surface area contributed by atoms with E-state index >= 15 is 0 Å². The zero-order valence-electron chi connectivity index (χ0n) is 15.9. The van der Waals surface area contributed by atoms with Gasteiger partial charge in [-0.3, -0.25) is 19.3 Å². The summed E-state index contributed by atoms with van der Waals surface area (Å²) in [7, 11) is 0. The van der Waals surface area contributed by atoms with Gasteiger partial charge in [0.25, 0.3) is 11.8 Å². The van der Waals surface area contributed by atoms with Crippen molar-refractivity contribution in [1.82, 2.24) is 10.2 Å². The number of carbonyl (C=O) groups excluding carboxylic acids is 3. The second-order valence-corrected chi connectivity index (χ2v) is 9.24. The lowest BCUT2D eigenvalue weighted by atomic mass is 9.73. The van der Waals surface area contributed by atoms with Crippen LogP contribution in [0.25, 0.3) is 0 Å². The number of fused-ring (bicyclic) bond motifs is 1. The molecule has 2 aromatic rings. The van der Waals surface area contributed by atoms with E-state index in [1.165, 1.54) is 4.90 Å². The second-order valence-electron chi connectivity index (χ2n) is 7.64. The molecule has 4 rings (SSSR count). The SMILES string of the molecule is C[C@@H]1CCCN[C@@]1(CN1C(=O)c2ccccc2C1=O)C(=O)c1cc(Cl)ccc1I. The highest BCUT2D eigenvalue weighted by atomic mass is 127. The van der Waals surface area contributed by atoms with Gasteiger partial charge in [-0.1, -0.05) is 30.7 Å². The van der Waals surface area contributed by atoms with Crippen molar-refractivity contribution in [2.45, 2.75) is 25.3 Å². The molecule has 0 spiro atoms. The van der Waals surface area contributed by atoms with Gasteiger partial charge in [0.15, 0.2) is 5.78 Å². The molecule has 2 aliphatic rings. The first kappa shape index (κ1) is 20.5. The summed E-state index contributed by atoms with van der Waals surface area (Å²) >= 11 is 8.28. The molecule has 0 bridgehead atoms. The van der Waals surface area contributed by atoms with Gasteiger partial charge in [0.05, 0.1) is 17.7 Å². The van der Waals surface area contributed by atoms with E-state index in [0.29, 0.717) is 28.3 Å². The number of imide groups is 1. The number of piperidine rings is 1. The molecule has 0 aromatic heterocycles. The minimum atomic E-state index is -1.05. The van der Waals surface area contributed by atoms with Crippen molar-refractivity contribution >= 4 is 51.8 Å². The summed E-state index contributed by atoms with van der Waals surface area (Å²) in [6.45, 7) is 2.65. The summed E-state index contributed by atoms with van der Waals surface area (Å²) in [6, 6.07) is 12.0. The Labute approximate surface area is 187 Å². The maximum absolute atomic E-state index is 13.8. The van der Waals surface area contributed by atoms with Gasteiger partial charge in [0.2, 0.25) is 0 Å². The van der Waals surface area contributed by atoms with Crippen LogP contribution in [0.5, 0.6) is 0 Å². The van der Waals surface area contributed by atoms with E-state index in [0.717, 1.165) is 16.4 Å². The molecule has 2 atom stereocenters. The maximum Gasteiger partial charge on any atom is 0.261 e. The van der Waals surface area contributed by atoms with E-state index in [1.54, 1.807) is 42.5 Å². The van der Waals surface area contributed by atoms with Crippen LogP contribution >= 0.6 is 34.2 Å². The van der Waals surface area contributed by atoms with Gasteiger partial charge in [0.1, 0.15) is 5.54 Å². The average Bonchev–Trinajstić information content (AvgIpc) is 2.96. The number of nitrogens with zero attached hydrogens (tertiary/aromatic N) is 1. The molecular formula is C22H20ClIN2O3. The molecule has 2 amide bonds. The third-order valence-electron chi connectivity index (χ3n) is 5.96. The first-order valence-corrected chi connectivity index (χ1v) is 11.0. The molecule has 0 aliphatic carbocycles. The molecule has 0 radical (unpaired) electrons. The molecule has 1 saturated heterocycles. The van der Waals surface area contributed by atoms with Crippen LogP contribution in [0, 0.1) is 9.49 Å². The van der Waals surface area contributed by atoms with Crippen molar-refractivity contribution in [3.63, 3.8) is 0 Å². The summed E-state index contributed by atoms with van der Waals surface area (Å²) in [4.78, 5) is 40.9. The predicted octanol–water partition coefficient (Wildman–Crippen LogP) is 4.18. The summed E-state index contributed by atoms with van der Waals surface area (Å²) in [5.74, 6) is -0.882. The Bertz CT molecular complexity index is 990. The maximum atomic E-state index is 13.8. The standard InChI is InChI=1S/C22H20ClIN2O3/c1-13-5-4-10-25-22(13,19(27)17-11-14(23)8-9-18(17)24)12-26-20(28)15-6-2-3-7-16(15)21(26)29/h2-3,6-9,11,13,25H,4-5,10,12H2,1H3/t13-,22-/m1/s1. The fraction of sp³-hybridized carbons (Fsp3) is 0.318. The Morgan fingerprint density at radius 1 is 1.21 bits per heavy atom. The first-order valence-electron chi connectivity index (χ1n) is 9.55. The van der Waals surface area contributed by atoms with Crippen LogP contribution in [0.3, 0.4) is 0 Å². The van der Waals surface area contributed by atoms with Crippen molar-refractivity contribution in [2.24, 2.45) is 5.92 Å². The van der Waals surface area contributed by atoms with E-state index in [9.17, 15) is 14.4 Å². The Hall–Kier alpha value is -1.77. The number of nitrogens with one attached hydrogen (secondary N) is 1. The summed E-state index contributed by atoms with van der Waals surface area (Å²) in [5.41, 5.74) is 0.244. The fourth-order valence-electron chi connectivity index (χ4n) is 4.27. The van der Waals surface area contributed by atoms with Gasteiger partial charge in [-0.15, -0.1) is 0 Å². The minimum Gasteiger partial charge on any atom is -0.303 e. The number of halogens is 2. The van der Waals surface area contributed by atoms with Gasteiger partial charge in [-0.25, -0.2) is 0 Å². The highest BCUT2D eigenvalue weighted by molar-refractivity contribution is 14.1. The molecule has 2 aromatic carbocycles. The van der Waals surface area contributed by atoms with Crippen LogP contribution in [0.15, 0.2) is 42.5 Å². The van der Waals surface area contributed by atoms with E-state index in [-0.39, 0.29) is 30.1 Å². The lowest BCUT2D eigenvalue weighted by Gasteiger charge is -2.44. The molecule has 0 unspecified atom stereocenters. The van der Waals surface area contributed by atoms with E-state index < -0.39 is 5.54 Å². The molecule has 7 heteroatoms. The summed E-state index contributed by atoms with van der Waals surface area (Å²) < 4.78 is 0.790. The van der Waals surface area contributed by atoms with Crippen molar-refractivity contribution in [2.75, 3.05) is 13.1 Å². The third-order valence-corrected chi connectivity index (χ3v) is 7.14. The smallest absolute Gasteiger partial charge is 0.261 e. The molecule has 150 valence electrons. The highest BCUT2D eigenvalue weighted by Crippen LogP contribution is 2.35. The average molecular weight is 523 g/mol. The fourth-order valence-corrected chi connectivity index (χ4v) is 5.02. The summed E-state index contributed by atoms with van der Waals surface area (Å²) in [6.07, 6.45) is 1.77. The molecule has 5 nitrogen and oxygen atoms in total. The Morgan fingerprint density at radius 3 is 2.48 bits per heavy atom. The lowest BCUT2D eigenvalue weighted by molar-refractivity contribution is 0.0484. The number of carbonyl (C=O) groups is 3. The lowest BCUT2D eigenvalue weighted by Crippen LogP contribution is -2.65. The van der Waals surface area contributed by atoms with Gasteiger partial charge >= 0.3 is 0 Å². The number of hydrogen-bond donors (Lipinski definition) is 1. The third kappa shape index (κ3) is 3.41. The van der Waals surface area contributed by atoms with Crippen LogP contribution in [0.4, 0.5) is 0 Å². The quantitative estimate of drug-likeness (QED) is 0.372. The van der Waals surface area contributed by atoms with Crippen LogP contribution < -0.4 is 5.32 Å². The zero-order valence-corrected chi connectivity index (χ0v) is 18.8. The van der Waals surface area contributed by atoms with E-state index in [4.69, 9.17) is 11.6 Å². The number of benzene rings is 2. The monoisotopic (exact) mass is 522 g/mol. The van der Waals surface area contributed by atoms with Crippen molar-refractivity contribution in [1.29, 1.82) is 0 Å². The number of ketones is 1. The Kier molecular flexibility index (Phi) is 5.52. The van der Waals surface area contributed by atoms with Crippen LogP contribution in [0.2, 0.25) is 5.02 Å². The highest BCUT2D eigenvalue weighted by Gasteiger charge is 2.50. The van der Waals surface area contributed by atoms with Crippen molar-refractivity contribution in [3.05, 3.63) is 67.7 Å². The molecule has 2 heterocycles. The number of rotatable bonds is 4. The van der Waals surface area contributed by atoms with E-state index in [2.05, 4.69) is 27.9 Å². The number of hydrogen-bond acceptors (Lipinski definition) is 4.